The molecule has 3 aliphatic rings. The summed E-state index contributed by atoms with van der Waals surface area (Å²) in [6.07, 6.45) is 10.7. The van der Waals surface area contributed by atoms with Gasteiger partial charge in [0.15, 0.2) is 0 Å². The van der Waals surface area contributed by atoms with E-state index in [2.05, 4.69) is 21.9 Å². The first-order valence-electron chi connectivity index (χ1n) is 18.1. The minimum absolute atomic E-state index is 0. The van der Waals surface area contributed by atoms with E-state index in [-0.39, 0.29) is 29.1 Å². The molecule has 11 nitrogen and oxygen atoms in total. The molecule has 2 saturated heterocycles. The van der Waals surface area contributed by atoms with Gasteiger partial charge in [-0.1, -0.05) is 45.4 Å². The molecular formula is C36H58ClN7O4S. The van der Waals surface area contributed by atoms with Crippen LogP contribution in [0.2, 0.25) is 0 Å². The van der Waals surface area contributed by atoms with Crippen LogP contribution in [0.1, 0.15) is 94.5 Å². The highest BCUT2D eigenvalue weighted by molar-refractivity contribution is 7.89. The van der Waals surface area contributed by atoms with Crippen molar-refractivity contribution in [2.24, 2.45) is 5.92 Å². The lowest BCUT2D eigenvalue weighted by atomic mass is 9.79. The van der Waals surface area contributed by atoms with E-state index in [1.165, 1.54) is 19.3 Å². The molecule has 2 aliphatic heterocycles. The number of unbranched alkanes of at least 4 members (excludes halogenated alkanes) is 1. The van der Waals surface area contributed by atoms with Crippen molar-refractivity contribution in [3.8, 4) is 5.69 Å². The molecule has 0 bridgehead atoms. The van der Waals surface area contributed by atoms with E-state index < -0.39 is 21.6 Å². The second-order valence-corrected chi connectivity index (χ2v) is 16.3. The molecule has 2 amide bonds. The van der Waals surface area contributed by atoms with Crippen LogP contribution in [0.3, 0.4) is 0 Å². The molecule has 1 aliphatic carbocycles. The number of piperazine rings is 1. The summed E-state index contributed by atoms with van der Waals surface area (Å²) in [7, 11) is 0.346. The summed E-state index contributed by atoms with van der Waals surface area (Å²) in [5, 5.41) is 8.03. The first kappa shape index (κ1) is 39.3. The maximum Gasteiger partial charge on any atom is 0.246 e. The van der Waals surface area contributed by atoms with Gasteiger partial charge < -0.3 is 15.1 Å². The third kappa shape index (κ3) is 9.05. The van der Waals surface area contributed by atoms with Gasteiger partial charge in [-0.05, 0) is 96.8 Å². The molecule has 1 atom stereocenters. The van der Waals surface area contributed by atoms with Gasteiger partial charge in [0.25, 0.3) is 0 Å². The van der Waals surface area contributed by atoms with Crippen LogP contribution in [0.15, 0.2) is 29.2 Å². The Balaban J connectivity index is 0.00000541. The second-order valence-electron chi connectivity index (χ2n) is 14.5. The van der Waals surface area contributed by atoms with Crippen LogP contribution in [0, 0.1) is 19.8 Å². The van der Waals surface area contributed by atoms with E-state index in [0.717, 1.165) is 80.8 Å². The van der Waals surface area contributed by atoms with Crippen LogP contribution in [0.25, 0.3) is 5.69 Å². The number of piperidine rings is 1. The molecule has 49 heavy (non-hydrogen) atoms. The summed E-state index contributed by atoms with van der Waals surface area (Å²) in [4.78, 5) is 34.4. The topological polar surface area (TPSA) is 120 Å². The Morgan fingerprint density at radius 2 is 1.69 bits per heavy atom. The lowest BCUT2D eigenvalue weighted by molar-refractivity contribution is -0.162. The molecule has 1 spiro atoms. The molecular weight excluding hydrogens is 662 g/mol. The number of carbonyl (C=O) groups is 2. The number of hydrogen-bond acceptors (Lipinski definition) is 7. The number of benzene rings is 1. The normalized spacial score (nSPS) is 20.5. The average molecular weight is 720 g/mol. The van der Waals surface area contributed by atoms with Gasteiger partial charge in [-0.15, -0.1) is 12.4 Å². The van der Waals surface area contributed by atoms with Crippen molar-refractivity contribution in [3.05, 3.63) is 41.2 Å². The Kier molecular flexibility index (Phi) is 13.7. The van der Waals surface area contributed by atoms with Crippen molar-refractivity contribution in [2.45, 2.75) is 114 Å². The van der Waals surface area contributed by atoms with Gasteiger partial charge >= 0.3 is 0 Å². The third-order valence-electron chi connectivity index (χ3n) is 10.8. The van der Waals surface area contributed by atoms with Crippen molar-refractivity contribution in [1.29, 1.82) is 0 Å². The number of aromatic nitrogens is 2. The predicted octanol–water partition coefficient (Wildman–Crippen LogP) is 4.57. The highest BCUT2D eigenvalue weighted by atomic mass is 35.5. The van der Waals surface area contributed by atoms with Gasteiger partial charge in [-0.25, -0.2) is 17.8 Å². The van der Waals surface area contributed by atoms with Gasteiger partial charge in [0.1, 0.15) is 11.6 Å². The monoisotopic (exact) mass is 719 g/mol. The van der Waals surface area contributed by atoms with Crippen LogP contribution in [-0.2, 0) is 26.2 Å². The van der Waals surface area contributed by atoms with E-state index in [1.54, 1.807) is 24.3 Å². The van der Waals surface area contributed by atoms with Crippen LogP contribution in [0.5, 0.6) is 0 Å². The fourth-order valence-corrected chi connectivity index (χ4v) is 8.91. The molecule has 2 aromatic rings. The van der Waals surface area contributed by atoms with Crippen molar-refractivity contribution >= 4 is 34.2 Å². The molecule has 1 aromatic carbocycles. The molecule has 274 valence electrons. The number of likely N-dealkylation sites (tertiary alicyclic amines) is 1. The summed E-state index contributed by atoms with van der Waals surface area (Å²) in [5.41, 5.74) is 3.09. The lowest BCUT2D eigenvalue weighted by Crippen LogP contribution is -2.73. The average Bonchev–Trinajstić information content (AvgIpc) is 3.35. The van der Waals surface area contributed by atoms with E-state index in [1.807, 2.05) is 42.4 Å². The zero-order chi connectivity index (χ0) is 34.5. The Hall–Kier alpha value is -2.51. The van der Waals surface area contributed by atoms with E-state index in [4.69, 9.17) is 5.10 Å². The fourth-order valence-electron chi connectivity index (χ4n) is 7.84. The number of rotatable bonds is 14. The Labute approximate surface area is 300 Å². The zero-order valence-electron chi connectivity index (χ0n) is 30.2. The second kappa shape index (κ2) is 17.1. The number of carbonyl (C=O) groups excluding carboxylic acids is 2. The molecule has 1 saturated carbocycles. The van der Waals surface area contributed by atoms with Crippen LogP contribution in [-0.4, -0.2) is 103 Å². The quantitative estimate of drug-likeness (QED) is 0.275. The van der Waals surface area contributed by atoms with Crippen molar-refractivity contribution < 1.29 is 18.0 Å². The van der Waals surface area contributed by atoms with Crippen molar-refractivity contribution in [2.75, 3.05) is 46.8 Å². The minimum atomic E-state index is -3.59. The molecule has 1 aromatic heterocycles. The SMILES string of the molecule is CCCCN1C(=O)[C@H](CC2CCCCC2)NC(=O)C12CCN(Cc1c(C)nn(-c3ccc(S(=O)(=O)NCCCN(C)C)cc3)c1C)CC2.Cl. The summed E-state index contributed by atoms with van der Waals surface area (Å²) in [6, 6.07) is 6.46. The van der Waals surface area contributed by atoms with Gasteiger partial charge in [0.05, 0.1) is 16.3 Å². The van der Waals surface area contributed by atoms with Gasteiger partial charge in [-0.2, -0.15) is 5.10 Å². The summed E-state index contributed by atoms with van der Waals surface area (Å²) >= 11 is 0. The molecule has 5 rings (SSSR count). The van der Waals surface area contributed by atoms with Gasteiger partial charge in [0.2, 0.25) is 21.8 Å². The number of halogens is 1. The third-order valence-corrected chi connectivity index (χ3v) is 12.3. The van der Waals surface area contributed by atoms with Gasteiger partial charge in [-0.3, -0.25) is 14.5 Å². The number of amides is 2. The Bertz CT molecular complexity index is 1510. The first-order chi connectivity index (χ1) is 22.9. The largest absolute Gasteiger partial charge is 0.342 e. The molecule has 0 radical (unpaired) electrons. The Morgan fingerprint density at radius 3 is 2.33 bits per heavy atom. The van der Waals surface area contributed by atoms with Crippen LogP contribution in [0.4, 0.5) is 0 Å². The molecule has 0 unspecified atom stereocenters. The first-order valence-corrected chi connectivity index (χ1v) is 19.6. The Morgan fingerprint density at radius 1 is 1.02 bits per heavy atom. The molecule has 13 heteroatoms. The molecule has 3 fully saturated rings. The van der Waals surface area contributed by atoms with E-state index in [9.17, 15) is 18.0 Å². The predicted molar refractivity (Wildman–Crippen MR) is 196 cm³/mol. The standard InChI is InChI=1S/C36H57N7O4S.ClH/c1-6-7-22-42-34(44)33(25-29-12-9-8-10-13-29)38-35(45)36(42)18-23-41(24-19-36)26-32-27(2)39-43(28(32)3)30-14-16-31(17-15-30)48(46,47)37-20-11-21-40(4)5;/h14-17,29,33,37H,6-13,18-26H2,1-5H3,(H,38,45);1H/t33-;/m0./s1. The number of sulfonamides is 1. The maximum atomic E-state index is 13.9. The zero-order valence-corrected chi connectivity index (χ0v) is 31.8. The number of nitrogens with one attached hydrogen (secondary N) is 2. The highest BCUT2D eigenvalue weighted by Gasteiger charge is 2.53. The molecule has 3 heterocycles. The molecule has 2 N–H and O–H groups in total. The summed E-state index contributed by atoms with van der Waals surface area (Å²) < 4.78 is 30.2. The summed E-state index contributed by atoms with van der Waals surface area (Å²) in [5.74, 6) is 0.678. The maximum absolute atomic E-state index is 13.9. The van der Waals surface area contributed by atoms with Crippen LogP contribution >= 0.6 is 12.4 Å². The van der Waals surface area contributed by atoms with E-state index in [0.29, 0.717) is 38.4 Å². The van der Waals surface area contributed by atoms with Crippen molar-refractivity contribution in [1.82, 2.24) is 34.5 Å². The number of nitrogens with zero attached hydrogens (tertiary/aromatic N) is 5. The fraction of sp³-hybridized carbons (Fsp3) is 0.694. The summed E-state index contributed by atoms with van der Waals surface area (Å²) in [6.45, 7) is 10.2. The minimum Gasteiger partial charge on any atom is -0.342 e. The van der Waals surface area contributed by atoms with E-state index >= 15 is 0 Å². The smallest absolute Gasteiger partial charge is 0.246 e. The highest BCUT2D eigenvalue weighted by Crippen LogP contribution is 2.36. The number of aryl methyl sites for hydroxylation is 1. The van der Waals surface area contributed by atoms with Crippen molar-refractivity contribution in [3.63, 3.8) is 0 Å². The van der Waals surface area contributed by atoms with Crippen LogP contribution < -0.4 is 10.0 Å². The van der Waals surface area contributed by atoms with Gasteiger partial charge in [0, 0.05) is 44.0 Å². The number of hydrogen-bond donors (Lipinski definition) is 2. The lowest BCUT2D eigenvalue weighted by Gasteiger charge is -2.52.